The first-order valence-corrected chi connectivity index (χ1v) is 3.77. The van der Waals surface area contributed by atoms with Crippen LogP contribution in [0.2, 0.25) is 0 Å². The van der Waals surface area contributed by atoms with Crippen LogP contribution in [0.3, 0.4) is 0 Å². The van der Waals surface area contributed by atoms with Gasteiger partial charge in [0.15, 0.2) is 5.78 Å². The summed E-state index contributed by atoms with van der Waals surface area (Å²) in [6.45, 7) is 0.935. The van der Waals surface area contributed by atoms with E-state index in [9.17, 15) is 9.90 Å². The molecule has 2 aliphatic rings. The summed E-state index contributed by atoms with van der Waals surface area (Å²) in [7, 11) is 0. The predicted molar refractivity (Wildman–Crippen MR) is 38.0 cm³/mol. The average Bonchev–Trinajstić information content (AvgIpc) is 2.31. The van der Waals surface area contributed by atoms with Crippen molar-refractivity contribution >= 4 is 5.78 Å². The van der Waals surface area contributed by atoms with Gasteiger partial charge in [0.2, 0.25) is 0 Å². The van der Waals surface area contributed by atoms with Crippen molar-refractivity contribution in [3.05, 3.63) is 11.6 Å². The molecule has 0 spiro atoms. The van der Waals surface area contributed by atoms with Gasteiger partial charge in [-0.3, -0.25) is 4.79 Å². The Bertz CT molecular complexity index is 219. The zero-order valence-electron chi connectivity index (χ0n) is 6.12. The van der Waals surface area contributed by atoms with Crippen LogP contribution in [0.1, 0.15) is 6.42 Å². The van der Waals surface area contributed by atoms with Gasteiger partial charge in [0.05, 0.1) is 19.3 Å². The van der Waals surface area contributed by atoms with Crippen molar-refractivity contribution in [2.75, 3.05) is 13.2 Å². The highest BCUT2D eigenvalue weighted by atomic mass is 16.5. The van der Waals surface area contributed by atoms with Crippen LogP contribution in [0.5, 0.6) is 0 Å². The van der Waals surface area contributed by atoms with Gasteiger partial charge in [0.1, 0.15) is 0 Å². The number of rotatable bonds is 0. The largest absolute Gasteiger partial charge is 0.386 e. The lowest BCUT2D eigenvalue weighted by Crippen LogP contribution is -2.30. The van der Waals surface area contributed by atoms with Gasteiger partial charge in [-0.1, -0.05) is 0 Å². The maximum Gasteiger partial charge on any atom is 0.156 e. The summed E-state index contributed by atoms with van der Waals surface area (Å²) in [6.07, 6.45) is 1.55. The predicted octanol–water partition coefficient (Wildman–Crippen LogP) is -0.107. The Morgan fingerprint density at radius 2 is 2.36 bits per heavy atom. The molecule has 3 nitrogen and oxygen atoms in total. The average molecular weight is 154 g/mol. The number of ether oxygens (including phenoxy) is 1. The third-order valence-electron chi connectivity index (χ3n) is 2.23. The summed E-state index contributed by atoms with van der Waals surface area (Å²) in [6, 6.07) is 0. The maximum atomic E-state index is 10.9. The third-order valence-corrected chi connectivity index (χ3v) is 2.23. The van der Waals surface area contributed by atoms with E-state index in [1.807, 2.05) is 0 Å². The highest BCUT2D eigenvalue weighted by Crippen LogP contribution is 2.29. The molecule has 3 heteroatoms. The SMILES string of the molecule is O=C1C=C2[C@H](COC[C@H]2O)C1. The molecule has 0 radical (unpaired) electrons. The smallest absolute Gasteiger partial charge is 0.156 e. The molecule has 0 aromatic heterocycles. The molecule has 0 aromatic rings. The summed E-state index contributed by atoms with van der Waals surface area (Å²) in [5.41, 5.74) is 0.876. The molecule has 1 N–H and O–H groups in total. The molecule has 1 heterocycles. The van der Waals surface area contributed by atoms with E-state index < -0.39 is 6.10 Å². The molecule has 11 heavy (non-hydrogen) atoms. The number of aliphatic hydroxyl groups excluding tert-OH is 1. The molecule has 1 saturated heterocycles. The Labute approximate surface area is 64.7 Å². The second-order valence-corrected chi connectivity index (χ2v) is 3.06. The van der Waals surface area contributed by atoms with E-state index in [0.717, 1.165) is 5.57 Å². The Morgan fingerprint density at radius 1 is 1.55 bits per heavy atom. The van der Waals surface area contributed by atoms with Gasteiger partial charge < -0.3 is 9.84 Å². The number of hydrogen-bond acceptors (Lipinski definition) is 3. The van der Waals surface area contributed by atoms with Crippen LogP contribution >= 0.6 is 0 Å². The maximum absolute atomic E-state index is 10.9. The highest BCUT2D eigenvalue weighted by Gasteiger charge is 2.32. The molecule has 60 valence electrons. The van der Waals surface area contributed by atoms with Gasteiger partial charge in [-0.2, -0.15) is 0 Å². The van der Waals surface area contributed by atoms with E-state index in [1.165, 1.54) is 0 Å². The Morgan fingerprint density at radius 3 is 3.09 bits per heavy atom. The normalized spacial score (nSPS) is 36.8. The fraction of sp³-hybridized carbons (Fsp3) is 0.625. The first kappa shape index (κ1) is 7.00. The summed E-state index contributed by atoms with van der Waals surface area (Å²) < 4.78 is 5.10. The Balaban J connectivity index is 2.22. The molecule has 1 aliphatic carbocycles. The van der Waals surface area contributed by atoms with Crippen LogP contribution in [0.15, 0.2) is 11.6 Å². The number of allylic oxidation sites excluding steroid dienone is 1. The zero-order chi connectivity index (χ0) is 7.84. The minimum absolute atomic E-state index is 0.120. The van der Waals surface area contributed by atoms with Crippen molar-refractivity contribution in [2.24, 2.45) is 5.92 Å². The van der Waals surface area contributed by atoms with Crippen LogP contribution in [-0.4, -0.2) is 30.2 Å². The van der Waals surface area contributed by atoms with E-state index in [0.29, 0.717) is 19.6 Å². The standard InChI is InChI=1S/C8H10O3/c9-6-1-5-3-11-4-8(10)7(5)2-6/h2,5,8,10H,1,3-4H2/t5-,8+/m0/s1. The zero-order valence-corrected chi connectivity index (χ0v) is 6.12. The summed E-state index contributed by atoms with van der Waals surface area (Å²) in [4.78, 5) is 10.9. The summed E-state index contributed by atoms with van der Waals surface area (Å²) in [5.74, 6) is 0.279. The van der Waals surface area contributed by atoms with E-state index in [-0.39, 0.29) is 11.7 Å². The number of carbonyl (C=O) groups excluding carboxylic acids is 1. The number of fused-ring (bicyclic) bond motifs is 1. The molecule has 0 saturated carbocycles. The quantitative estimate of drug-likeness (QED) is 0.529. The van der Waals surface area contributed by atoms with Crippen molar-refractivity contribution < 1.29 is 14.6 Å². The number of aliphatic hydroxyl groups is 1. The number of ketones is 1. The molecule has 0 aromatic carbocycles. The lowest BCUT2D eigenvalue weighted by atomic mass is 9.96. The van der Waals surface area contributed by atoms with Crippen LogP contribution in [0.4, 0.5) is 0 Å². The molecule has 1 aliphatic heterocycles. The minimum Gasteiger partial charge on any atom is -0.386 e. The van der Waals surface area contributed by atoms with Crippen LogP contribution in [-0.2, 0) is 9.53 Å². The van der Waals surface area contributed by atoms with Crippen molar-refractivity contribution in [2.45, 2.75) is 12.5 Å². The van der Waals surface area contributed by atoms with Crippen LogP contribution in [0, 0.1) is 5.92 Å². The van der Waals surface area contributed by atoms with Crippen molar-refractivity contribution in [3.8, 4) is 0 Å². The molecule has 2 rings (SSSR count). The fourth-order valence-electron chi connectivity index (χ4n) is 1.66. The number of hydrogen-bond donors (Lipinski definition) is 1. The van der Waals surface area contributed by atoms with Crippen molar-refractivity contribution in [1.29, 1.82) is 0 Å². The summed E-state index contributed by atoms with van der Waals surface area (Å²) >= 11 is 0. The Hall–Kier alpha value is -0.670. The lowest BCUT2D eigenvalue weighted by molar-refractivity contribution is -0.114. The molecule has 0 unspecified atom stereocenters. The first-order chi connectivity index (χ1) is 5.27. The monoisotopic (exact) mass is 154 g/mol. The van der Waals surface area contributed by atoms with Crippen LogP contribution in [0.25, 0.3) is 0 Å². The molecular weight excluding hydrogens is 144 g/mol. The van der Waals surface area contributed by atoms with Gasteiger partial charge in [-0.05, 0) is 11.6 Å². The van der Waals surface area contributed by atoms with Crippen molar-refractivity contribution in [1.82, 2.24) is 0 Å². The van der Waals surface area contributed by atoms with E-state index in [1.54, 1.807) is 6.08 Å². The molecule has 0 bridgehead atoms. The second kappa shape index (κ2) is 2.43. The highest BCUT2D eigenvalue weighted by molar-refractivity contribution is 5.93. The van der Waals surface area contributed by atoms with Crippen molar-refractivity contribution in [3.63, 3.8) is 0 Å². The van der Waals surface area contributed by atoms with E-state index >= 15 is 0 Å². The van der Waals surface area contributed by atoms with Gasteiger partial charge in [-0.25, -0.2) is 0 Å². The summed E-state index contributed by atoms with van der Waals surface area (Å²) in [5, 5.41) is 9.35. The van der Waals surface area contributed by atoms with E-state index in [2.05, 4.69) is 0 Å². The van der Waals surface area contributed by atoms with Gasteiger partial charge in [-0.15, -0.1) is 0 Å². The topological polar surface area (TPSA) is 46.5 Å². The van der Waals surface area contributed by atoms with Gasteiger partial charge in [0.25, 0.3) is 0 Å². The molecular formula is C8H10O3. The molecule has 2 atom stereocenters. The lowest BCUT2D eigenvalue weighted by Gasteiger charge is -2.25. The number of carbonyl (C=O) groups is 1. The minimum atomic E-state index is -0.541. The molecule has 1 fully saturated rings. The Kier molecular flexibility index (Phi) is 1.55. The van der Waals surface area contributed by atoms with Gasteiger partial charge >= 0.3 is 0 Å². The van der Waals surface area contributed by atoms with Crippen LogP contribution < -0.4 is 0 Å². The third kappa shape index (κ3) is 1.10. The van der Waals surface area contributed by atoms with Gasteiger partial charge in [0, 0.05) is 12.3 Å². The fourth-order valence-corrected chi connectivity index (χ4v) is 1.66. The van der Waals surface area contributed by atoms with E-state index in [4.69, 9.17) is 4.74 Å². The first-order valence-electron chi connectivity index (χ1n) is 3.77. The second-order valence-electron chi connectivity index (χ2n) is 3.06. The molecule has 0 amide bonds.